The van der Waals surface area contributed by atoms with Crippen LogP contribution in [-0.4, -0.2) is 19.1 Å². The average molecular weight is 511 g/mol. The minimum absolute atomic E-state index is 1.02. The van der Waals surface area contributed by atoms with Gasteiger partial charge in [-0.05, 0) is 30.3 Å². The van der Waals surface area contributed by atoms with Crippen molar-refractivity contribution in [3.05, 3.63) is 134 Å². The van der Waals surface area contributed by atoms with Gasteiger partial charge in [0.2, 0.25) is 0 Å². The van der Waals surface area contributed by atoms with Gasteiger partial charge in [-0.3, -0.25) is 9.97 Å². The second-order valence-electron chi connectivity index (χ2n) is 10.3. The lowest BCUT2D eigenvalue weighted by molar-refractivity contribution is 1.14. The normalized spacial score (nSPS) is 12.0. The van der Waals surface area contributed by atoms with Crippen LogP contribution in [0.2, 0.25) is 0 Å². The molecule has 4 nitrogen and oxygen atoms in total. The Morgan fingerprint density at radius 2 is 1.10 bits per heavy atom. The summed E-state index contributed by atoms with van der Waals surface area (Å²) < 4.78 is 4.84. The highest BCUT2D eigenvalue weighted by Gasteiger charge is 2.25. The third-order valence-corrected chi connectivity index (χ3v) is 8.19. The predicted molar refractivity (Wildman–Crippen MR) is 166 cm³/mol. The van der Waals surface area contributed by atoms with E-state index in [0.29, 0.717) is 0 Å². The van der Waals surface area contributed by atoms with Gasteiger partial charge in [-0.2, -0.15) is 0 Å². The molecule has 9 rings (SSSR count). The first-order chi connectivity index (χ1) is 19.9. The minimum atomic E-state index is 1.02. The summed E-state index contributed by atoms with van der Waals surface area (Å²) in [6.07, 6.45) is 5.86. The van der Waals surface area contributed by atoms with Gasteiger partial charge in [0, 0.05) is 55.8 Å². The molecule has 0 aliphatic rings. The molecule has 9 aromatic rings. The number of hydrogen-bond acceptors (Lipinski definition) is 2. The number of fused-ring (bicyclic) bond motifs is 11. The standard InChI is InChI=1S/C36H22N4/c1-2-12-24(13-3-1)39-29-18-8-7-16-27(29)33-34-28(17-10-20-38-34)32-26-15-6-9-19-30(26)40(35(32)36(33)39)31-22-37-21-23-11-4-5-14-25(23)31/h1-22H. The molecule has 0 amide bonds. The molecule has 0 unspecified atom stereocenters. The number of benzene rings is 5. The van der Waals surface area contributed by atoms with E-state index in [1.165, 1.54) is 26.9 Å². The van der Waals surface area contributed by atoms with Crippen LogP contribution in [0, 0.1) is 0 Å². The molecule has 0 fully saturated rings. The maximum atomic E-state index is 5.02. The topological polar surface area (TPSA) is 35.6 Å². The summed E-state index contributed by atoms with van der Waals surface area (Å²) in [5.41, 5.74) is 7.84. The molecule has 4 aromatic heterocycles. The average Bonchev–Trinajstić information content (AvgIpc) is 3.55. The van der Waals surface area contributed by atoms with Crippen molar-refractivity contribution in [3.63, 3.8) is 0 Å². The van der Waals surface area contributed by atoms with Crippen molar-refractivity contribution in [1.29, 1.82) is 0 Å². The van der Waals surface area contributed by atoms with Crippen LogP contribution in [0.3, 0.4) is 0 Å². The van der Waals surface area contributed by atoms with E-state index in [0.717, 1.165) is 49.7 Å². The maximum absolute atomic E-state index is 5.02. The molecule has 0 saturated heterocycles. The fourth-order valence-corrected chi connectivity index (χ4v) is 6.62. The zero-order chi connectivity index (χ0) is 26.2. The Hall–Kier alpha value is -5.48. The van der Waals surface area contributed by atoms with Crippen LogP contribution in [0.4, 0.5) is 0 Å². The van der Waals surface area contributed by atoms with E-state index in [1.54, 1.807) is 0 Å². The Labute approximate surface area is 229 Å². The van der Waals surface area contributed by atoms with Gasteiger partial charge in [-0.15, -0.1) is 0 Å². The van der Waals surface area contributed by atoms with Crippen LogP contribution in [0.15, 0.2) is 134 Å². The number of rotatable bonds is 2. The van der Waals surface area contributed by atoms with Gasteiger partial charge in [0.15, 0.2) is 0 Å². The molecule has 40 heavy (non-hydrogen) atoms. The van der Waals surface area contributed by atoms with Gasteiger partial charge < -0.3 is 9.13 Å². The quantitative estimate of drug-likeness (QED) is 0.233. The van der Waals surface area contributed by atoms with Crippen molar-refractivity contribution >= 4 is 65.3 Å². The molecule has 0 aliphatic heterocycles. The Bertz CT molecular complexity index is 2430. The molecule has 186 valence electrons. The summed E-state index contributed by atoms with van der Waals surface area (Å²) in [4.78, 5) is 9.73. The second kappa shape index (κ2) is 8.01. The highest BCUT2D eigenvalue weighted by molar-refractivity contribution is 6.35. The van der Waals surface area contributed by atoms with Gasteiger partial charge in [-0.1, -0.05) is 84.9 Å². The monoisotopic (exact) mass is 510 g/mol. The maximum Gasteiger partial charge on any atom is 0.0811 e. The molecule has 0 saturated carbocycles. The Kier molecular flexibility index (Phi) is 4.30. The van der Waals surface area contributed by atoms with Crippen LogP contribution in [-0.2, 0) is 0 Å². The number of pyridine rings is 2. The van der Waals surface area contributed by atoms with Crippen LogP contribution in [0.5, 0.6) is 0 Å². The van der Waals surface area contributed by atoms with Crippen LogP contribution in [0.1, 0.15) is 0 Å². The highest BCUT2D eigenvalue weighted by atomic mass is 15.1. The van der Waals surface area contributed by atoms with Gasteiger partial charge in [-0.25, -0.2) is 0 Å². The van der Waals surface area contributed by atoms with Crippen molar-refractivity contribution in [3.8, 4) is 11.4 Å². The van der Waals surface area contributed by atoms with E-state index < -0.39 is 0 Å². The molecule has 0 aliphatic carbocycles. The molecule has 4 heterocycles. The summed E-state index contributed by atoms with van der Waals surface area (Å²) in [6, 6.07) is 40.8. The minimum Gasteiger partial charge on any atom is -0.307 e. The molecule has 0 atom stereocenters. The molecule has 0 spiro atoms. The van der Waals surface area contributed by atoms with Crippen molar-refractivity contribution in [1.82, 2.24) is 19.1 Å². The molecular weight excluding hydrogens is 488 g/mol. The number of aromatic nitrogens is 4. The molecule has 0 N–H and O–H groups in total. The molecule has 0 bridgehead atoms. The first-order valence-corrected chi connectivity index (χ1v) is 13.5. The van der Waals surface area contributed by atoms with E-state index in [4.69, 9.17) is 9.97 Å². The van der Waals surface area contributed by atoms with Crippen molar-refractivity contribution in [2.75, 3.05) is 0 Å². The van der Waals surface area contributed by atoms with Gasteiger partial charge >= 0.3 is 0 Å². The third kappa shape index (κ3) is 2.74. The van der Waals surface area contributed by atoms with Gasteiger partial charge in [0.05, 0.1) is 39.5 Å². The van der Waals surface area contributed by atoms with Crippen LogP contribution in [0.25, 0.3) is 76.7 Å². The molecule has 0 radical (unpaired) electrons. The fraction of sp³-hybridized carbons (Fsp3) is 0. The van der Waals surface area contributed by atoms with E-state index >= 15 is 0 Å². The Morgan fingerprint density at radius 1 is 0.475 bits per heavy atom. The third-order valence-electron chi connectivity index (χ3n) is 8.19. The Balaban J connectivity index is 1.67. The number of para-hydroxylation sites is 3. The molecular formula is C36H22N4. The summed E-state index contributed by atoms with van der Waals surface area (Å²) in [6.45, 7) is 0. The van der Waals surface area contributed by atoms with Gasteiger partial charge in [0.25, 0.3) is 0 Å². The lowest BCUT2D eigenvalue weighted by Crippen LogP contribution is -2.00. The van der Waals surface area contributed by atoms with E-state index in [2.05, 4.69) is 124 Å². The lowest BCUT2D eigenvalue weighted by atomic mass is 10.0. The summed E-state index contributed by atoms with van der Waals surface area (Å²) >= 11 is 0. The van der Waals surface area contributed by atoms with E-state index in [-0.39, 0.29) is 0 Å². The summed E-state index contributed by atoms with van der Waals surface area (Å²) in [5, 5.41) is 8.22. The van der Waals surface area contributed by atoms with Crippen molar-refractivity contribution in [2.24, 2.45) is 0 Å². The second-order valence-corrected chi connectivity index (χ2v) is 10.3. The number of hydrogen-bond donors (Lipinski definition) is 0. The lowest BCUT2D eigenvalue weighted by Gasteiger charge is -2.14. The van der Waals surface area contributed by atoms with Crippen molar-refractivity contribution < 1.29 is 0 Å². The van der Waals surface area contributed by atoms with E-state index in [1.807, 2.05) is 18.6 Å². The molecule has 5 aromatic carbocycles. The van der Waals surface area contributed by atoms with Crippen LogP contribution >= 0.6 is 0 Å². The first kappa shape index (κ1) is 21.5. The van der Waals surface area contributed by atoms with Crippen molar-refractivity contribution in [2.45, 2.75) is 0 Å². The Morgan fingerprint density at radius 3 is 1.93 bits per heavy atom. The first-order valence-electron chi connectivity index (χ1n) is 13.5. The zero-order valence-electron chi connectivity index (χ0n) is 21.5. The zero-order valence-corrected chi connectivity index (χ0v) is 21.5. The molecule has 4 heteroatoms. The largest absolute Gasteiger partial charge is 0.307 e. The summed E-state index contributed by atoms with van der Waals surface area (Å²) in [5.74, 6) is 0. The van der Waals surface area contributed by atoms with Gasteiger partial charge in [0.1, 0.15) is 0 Å². The van der Waals surface area contributed by atoms with E-state index in [9.17, 15) is 0 Å². The smallest absolute Gasteiger partial charge is 0.0811 e. The van der Waals surface area contributed by atoms with Crippen LogP contribution < -0.4 is 0 Å². The fourth-order valence-electron chi connectivity index (χ4n) is 6.62. The number of nitrogens with zero attached hydrogens (tertiary/aromatic N) is 4. The highest BCUT2D eigenvalue weighted by Crippen LogP contribution is 2.46. The summed E-state index contributed by atoms with van der Waals surface area (Å²) in [7, 11) is 0. The SMILES string of the molecule is c1ccc(-n2c3ccccc3c3c4ncccc4c4c5ccccc5n(-c5cncc6ccccc56)c4c32)cc1. The predicted octanol–water partition coefficient (Wildman–Crippen LogP) is 8.98.